The Labute approximate surface area is 90.2 Å². The third-order valence-electron chi connectivity index (χ3n) is 1.72. The van der Waals surface area contributed by atoms with Crippen LogP contribution in [-0.4, -0.2) is 4.98 Å². The zero-order valence-electron chi connectivity index (χ0n) is 7.35. The van der Waals surface area contributed by atoms with Gasteiger partial charge >= 0.3 is 0 Å². The van der Waals surface area contributed by atoms with E-state index in [4.69, 9.17) is 0 Å². The molecule has 3 heteroatoms. The topological polar surface area (TPSA) is 27.0 Å². The zero-order valence-corrected chi connectivity index (χ0v) is 10.3. The Morgan fingerprint density at radius 3 is 2.54 bits per heavy atom. The Kier molecular flexibility index (Phi) is 3.84. The van der Waals surface area contributed by atoms with Crippen molar-refractivity contribution in [3.63, 3.8) is 0 Å². The molecule has 0 aliphatic carbocycles. The molecular formula is C10H9N2Zn-. The third-order valence-corrected chi connectivity index (χ3v) is 1.72. The van der Waals surface area contributed by atoms with Crippen LogP contribution < -0.4 is 4.98 Å². The van der Waals surface area contributed by atoms with Crippen LogP contribution in [0, 0.1) is 0 Å². The normalized spacial score (nSPS) is 9.23. The van der Waals surface area contributed by atoms with Crippen LogP contribution in [0.4, 0.5) is 0 Å². The molecule has 0 atom stereocenters. The number of aromatic nitrogens is 2. The van der Waals surface area contributed by atoms with Crippen LogP contribution >= 0.6 is 0 Å². The molecule has 0 saturated heterocycles. The van der Waals surface area contributed by atoms with Crippen LogP contribution in [0.3, 0.4) is 0 Å². The smallest absolute Gasteiger partial charge is 0 e. The molecule has 0 aliphatic rings. The zero-order chi connectivity index (χ0) is 8.23. The maximum atomic E-state index is 4.10. The summed E-state index contributed by atoms with van der Waals surface area (Å²) < 4.78 is 0. The predicted molar refractivity (Wildman–Crippen MR) is 46.8 cm³/mol. The number of hydrogen-bond donors (Lipinski definition) is 0. The number of hydrogen-bond acceptors (Lipinski definition) is 1. The molecule has 1 aromatic heterocycles. The van der Waals surface area contributed by atoms with E-state index in [1.165, 1.54) is 5.56 Å². The number of benzene rings is 1. The van der Waals surface area contributed by atoms with Gasteiger partial charge < -0.3 is 9.97 Å². The maximum Gasteiger partial charge on any atom is 0 e. The summed E-state index contributed by atoms with van der Waals surface area (Å²) in [4.78, 5) is 8.20. The number of nitrogens with zero attached hydrogens (tertiary/aromatic N) is 2. The Morgan fingerprint density at radius 2 is 1.92 bits per heavy atom. The second kappa shape index (κ2) is 4.93. The van der Waals surface area contributed by atoms with Gasteiger partial charge in [0.15, 0.2) is 0 Å². The van der Waals surface area contributed by atoms with E-state index in [1.807, 2.05) is 18.2 Å². The molecule has 2 aromatic rings. The van der Waals surface area contributed by atoms with Gasteiger partial charge in [-0.25, -0.2) is 0 Å². The fourth-order valence-corrected chi connectivity index (χ4v) is 1.14. The molecule has 0 saturated carbocycles. The van der Waals surface area contributed by atoms with E-state index in [2.05, 4.69) is 22.1 Å². The van der Waals surface area contributed by atoms with Gasteiger partial charge in [0.2, 0.25) is 0 Å². The Balaban J connectivity index is 0.000000845. The van der Waals surface area contributed by atoms with E-state index < -0.39 is 0 Å². The standard InChI is InChI=1S/C10H9N2.Zn/c1-2-4-9(5-3-1)8-10-11-6-7-12-10;/h1-7H,8H2;/q-1;. The summed E-state index contributed by atoms with van der Waals surface area (Å²) in [5, 5.41) is 0. The van der Waals surface area contributed by atoms with Crippen molar-refractivity contribution in [2.45, 2.75) is 6.42 Å². The molecule has 0 fully saturated rings. The van der Waals surface area contributed by atoms with Crippen LogP contribution in [0.2, 0.25) is 0 Å². The molecule has 0 aliphatic heterocycles. The van der Waals surface area contributed by atoms with Gasteiger partial charge in [-0.1, -0.05) is 48.5 Å². The summed E-state index contributed by atoms with van der Waals surface area (Å²) in [6.45, 7) is 0. The largest absolute Gasteiger partial charge is 0.446 e. The minimum Gasteiger partial charge on any atom is -0.446 e. The fraction of sp³-hybridized carbons (Fsp3) is 0.100. The average Bonchev–Trinajstić information content (AvgIpc) is 2.59. The van der Waals surface area contributed by atoms with Gasteiger partial charge in [-0.15, -0.1) is 0 Å². The molecule has 0 spiro atoms. The van der Waals surface area contributed by atoms with Crippen LogP contribution in [0.1, 0.15) is 11.4 Å². The summed E-state index contributed by atoms with van der Waals surface area (Å²) in [6.07, 6.45) is 4.27. The van der Waals surface area contributed by atoms with E-state index in [1.54, 1.807) is 12.4 Å². The van der Waals surface area contributed by atoms with E-state index in [-0.39, 0.29) is 19.5 Å². The Hall–Kier alpha value is -0.947. The number of imidazole rings is 1. The number of rotatable bonds is 2. The van der Waals surface area contributed by atoms with Gasteiger partial charge in [0.25, 0.3) is 0 Å². The molecule has 0 unspecified atom stereocenters. The first-order chi connectivity index (χ1) is 5.95. The quantitative estimate of drug-likeness (QED) is 0.722. The molecule has 0 bridgehead atoms. The van der Waals surface area contributed by atoms with Crippen molar-refractivity contribution in [3.8, 4) is 0 Å². The monoisotopic (exact) mass is 221 g/mol. The first-order valence-corrected chi connectivity index (χ1v) is 3.91. The Bertz CT molecular complexity index is 329. The average molecular weight is 223 g/mol. The van der Waals surface area contributed by atoms with Crippen molar-refractivity contribution in [2.24, 2.45) is 0 Å². The summed E-state index contributed by atoms with van der Waals surface area (Å²) in [6, 6.07) is 10.2. The van der Waals surface area contributed by atoms with E-state index in [0.29, 0.717) is 0 Å². The van der Waals surface area contributed by atoms with Gasteiger partial charge in [-0.3, -0.25) is 0 Å². The SMILES string of the molecule is [Zn].c1ccc(Cc2ncc[n-]2)cc1. The van der Waals surface area contributed by atoms with E-state index >= 15 is 0 Å². The molecule has 0 N–H and O–H groups in total. The molecular weight excluding hydrogens is 214 g/mol. The van der Waals surface area contributed by atoms with Crippen molar-refractivity contribution in [1.82, 2.24) is 9.97 Å². The van der Waals surface area contributed by atoms with E-state index in [0.717, 1.165) is 12.2 Å². The summed E-state index contributed by atoms with van der Waals surface area (Å²) in [7, 11) is 0. The van der Waals surface area contributed by atoms with Gasteiger partial charge in [-0.2, -0.15) is 0 Å². The summed E-state index contributed by atoms with van der Waals surface area (Å²) in [5.41, 5.74) is 1.25. The van der Waals surface area contributed by atoms with Crippen molar-refractivity contribution >= 4 is 0 Å². The van der Waals surface area contributed by atoms with E-state index in [9.17, 15) is 0 Å². The van der Waals surface area contributed by atoms with Gasteiger partial charge in [-0.05, 0) is 12.0 Å². The Morgan fingerprint density at radius 1 is 1.15 bits per heavy atom. The van der Waals surface area contributed by atoms with Crippen molar-refractivity contribution in [3.05, 3.63) is 54.1 Å². The summed E-state index contributed by atoms with van der Waals surface area (Å²) >= 11 is 0. The van der Waals surface area contributed by atoms with Gasteiger partial charge in [0, 0.05) is 19.5 Å². The van der Waals surface area contributed by atoms with Gasteiger partial charge in [0.1, 0.15) is 0 Å². The predicted octanol–water partition coefficient (Wildman–Crippen LogP) is 1.63. The molecule has 2 rings (SSSR count). The van der Waals surface area contributed by atoms with Crippen LogP contribution in [0.15, 0.2) is 42.7 Å². The molecule has 2 nitrogen and oxygen atoms in total. The second-order valence-electron chi connectivity index (χ2n) is 2.63. The molecule has 0 radical (unpaired) electrons. The molecule has 0 amide bonds. The molecule has 1 heterocycles. The second-order valence-corrected chi connectivity index (χ2v) is 2.63. The first kappa shape index (κ1) is 10.1. The molecule has 1 aromatic carbocycles. The van der Waals surface area contributed by atoms with Crippen LogP contribution in [-0.2, 0) is 25.9 Å². The minimum absolute atomic E-state index is 0. The maximum absolute atomic E-state index is 4.10. The van der Waals surface area contributed by atoms with Gasteiger partial charge in [0.05, 0.1) is 0 Å². The molecule has 62 valence electrons. The van der Waals surface area contributed by atoms with Crippen LogP contribution in [0.5, 0.6) is 0 Å². The minimum atomic E-state index is 0. The summed E-state index contributed by atoms with van der Waals surface area (Å²) in [5.74, 6) is 0.890. The first-order valence-electron chi connectivity index (χ1n) is 3.91. The van der Waals surface area contributed by atoms with Crippen molar-refractivity contribution in [1.29, 1.82) is 0 Å². The third kappa shape index (κ3) is 2.78. The molecule has 13 heavy (non-hydrogen) atoms. The van der Waals surface area contributed by atoms with Crippen LogP contribution in [0.25, 0.3) is 0 Å². The van der Waals surface area contributed by atoms with Crippen molar-refractivity contribution < 1.29 is 19.5 Å². The van der Waals surface area contributed by atoms with Crippen molar-refractivity contribution in [2.75, 3.05) is 0 Å². The fourth-order valence-electron chi connectivity index (χ4n) is 1.14.